The number of amides is 11. The van der Waals surface area contributed by atoms with Gasteiger partial charge in [0.15, 0.2) is 0 Å². The van der Waals surface area contributed by atoms with Crippen LogP contribution in [0.3, 0.4) is 0 Å². The molecule has 0 spiro atoms. The lowest BCUT2D eigenvalue weighted by Crippen LogP contribution is -2.54. The number of hydrogen-bond acceptors (Lipinski definition) is 12. The SMILES string of the molecule is CC(=O)NCC(=O)NCC(=O)NCC(=O)NCC(=O)NCC(=O)N[C@@H](CC(C)C)C(=O)NCC(=O)N[C@@H](CC(C)C)C(=O)NCC(=O)N[C@@H](CCCCN)C(N)=O. The average Bonchev–Trinajstić information content (AvgIpc) is 3.13. The second-order valence-electron chi connectivity index (χ2n) is 13.8. The Hall–Kier alpha value is -5.87. The summed E-state index contributed by atoms with van der Waals surface area (Å²) in [6, 6.07) is -3.11. The first kappa shape index (κ1) is 51.1. The van der Waals surface area contributed by atoms with Gasteiger partial charge < -0.3 is 64.6 Å². The molecule has 0 heterocycles. The summed E-state index contributed by atoms with van der Waals surface area (Å²) >= 11 is 0. The van der Waals surface area contributed by atoms with Crippen LogP contribution >= 0.6 is 0 Å². The monoisotopic (exact) mass is 812 g/mol. The molecule has 0 aliphatic heterocycles. The van der Waals surface area contributed by atoms with Crippen molar-refractivity contribution in [3.05, 3.63) is 0 Å². The Labute approximate surface area is 331 Å². The van der Waals surface area contributed by atoms with E-state index in [1.807, 2.05) is 13.8 Å². The van der Waals surface area contributed by atoms with Crippen LogP contribution in [0, 0.1) is 11.8 Å². The quantitative estimate of drug-likeness (QED) is 0.0329. The third-order valence-corrected chi connectivity index (χ3v) is 7.47. The summed E-state index contributed by atoms with van der Waals surface area (Å²) in [4.78, 5) is 134. The lowest BCUT2D eigenvalue weighted by molar-refractivity contribution is -0.132. The number of carbonyl (C=O) groups is 11. The third-order valence-electron chi connectivity index (χ3n) is 7.47. The van der Waals surface area contributed by atoms with Crippen LogP contribution in [0.1, 0.15) is 66.7 Å². The Balaban J connectivity index is 4.88. The Morgan fingerprint density at radius 1 is 0.439 bits per heavy atom. The Kier molecular flexibility index (Phi) is 25.6. The Bertz CT molecular complexity index is 1420. The van der Waals surface area contributed by atoms with Crippen LogP contribution in [-0.4, -0.2) is 135 Å². The van der Waals surface area contributed by atoms with Gasteiger partial charge in [-0.05, 0) is 50.5 Å². The van der Waals surface area contributed by atoms with Gasteiger partial charge in [0, 0.05) is 6.92 Å². The summed E-state index contributed by atoms with van der Waals surface area (Å²) in [6.45, 7) is 5.40. The maximum atomic E-state index is 13.0. The molecular weight excluding hydrogens is 752 g/mol. The van der Waals surface area contributed by atoms with Gasteiger partial charge in [0.05, 0.1) is 45.8 Å². The molecule has 14 N–H and O–H groups in total. The molecule has 0 bridgehead atoms. The van der Waals surface area contributed by atoms with Gasteiger partial charge in [-0.3, -0.25) is 52.7 Å². The minimum Gasteiger partial charge on any atom is -0.368 e. The van der Waals surface area contributed by atoms with Crippen LogP contribution in [0.5, 0.6) is 0 Å². The summed E-state index contributed by atoms with van der Waals surface area (Å²) in [5.41, 5.74) is 10.8. The van der Waals surface area contributed by atoms with E-state index in [1.54, 1.807) is 13.8 Å². The van der Waals surface area contributed by atoms with Crippen molar-refractivity contribution in [3.8, 4) is 0 Å². The smallest absolute Gasteiger partial charge is 0.243 e. The molecular formula is C34H60N12O11. The normalized spacial score (nSPS) is 12.1. The fourth-order valence-electron chi connectivity index (χ4n) is 4.67. The van der Waals surface area contributed by atoms with Gasteiger partial charge in [0.25, 0.3) is 0 Å². The second-order valence-corrected chi connectivity index (χ2v) is 13.8. The molecule has 0 unspecified atom stereocenters. The zero-order valence-corrected chi connectivity index (χ0v) is 33.2. The molecule has 0 saturated heterocycles. The van der Waals surface area contributed by atoms with Crippen LogP contribution in [0.4, 0.5) is 0 Å². The molecule has 0 saturated carbocycles. The van der Waals surface area contributed by atoms with Crippen molar-refractivity contribution in [2.45, 2.75) is 84.8 Å². The maximum Gasteiger partial charge on any atom is 0.243 e. The topological polar surface area (TPSA) is 360 Å². The molecule has 11 amide bonds. The van der Waals surface area contributed by atoms with E-state index in [1.165, 1.54) is 6.92 Å². The van der Waals surface area contributed by atoms with Crippen LogP contribution < -0.4 is 64.6 Å². The molecule has 0 aromatic carbocycles. The molecule has 0 rings (SSSR count). The number of nitrogens with two attached hydrogens (primary N) is 2. The van der Waals surface area contributed by atoms with Gasteiger partial charge in [0.1, 0.15) is 18.1 Å². The molecule has 322 valence electrons. The fraction of sp³-hybridized carbons (Fsp3) is 0.676. The van der Waals surface area contributed by atoms with Crippen molar-refractivity contribution in [3.63, 3.8) is 0 Å². The average molecular weight is 813 g/mol. The minimum absolute atomic E-state index is 0.0579. The van der Waals surface area contributed by atoms with E-state index in [0.717, 1.165) is 0 Å². The molecule has 23 nitrogen and oxygen atoms in total. The molecule has 0 fully saturated rings. The highest BCUT2D eigenvalue weighted by molar-refractivity contribution is 5.95. The predicted octanol–water partition coefficient (Wildman–Crippen LogP) is -6.02. The highest BCUT2D eigenvalue weighted by Gasteiger charge is 2.26. The van der Waals surface area contributed by atoms with E-state index in [2.05, 4.69) is 53.2 Å². The van der Waals surface area contributed by atoms with Crippen molar-refractivity contribution < 1.29 is 52.7 Å². The molecule has 0 aliphatic rings. The standard InChI is InChI=1S/C34H60N12O11/c1-19(2)10-23(45-29(52)16-41-28(51)15-40-27(50)14-39-26(49)13-38-25(48)12-37-21(5)47)33(56)43-18-31(54)46-24(11-20(3)4)34(57)42-17-30(53)44-22(32(36)55)8-6-7-9-35/h19-20,22-24H,6-18,35H2,1-5H3,(H2,36,55)(H,37,47)(H,38,48)(H,39,49)(H,40,50)(H,41,51)(H,42,57)(H,43,56)(H,44,53)(H,45,52)(H,46,54)/t22-,23-,24-/m0/s1. The first-order chi connectivity index (χ1) is 26.7. The molecule has 0 radical (unpaired) electrons. The zero-order chi connectivity index (χ0) is 43.5. The number of rotatable bonds is 28. The van der Waals surface area contributed by atoms with Crippen LogP contribution in [-0.2, 0) is 52.7 Å². The van der Waals surface area contributed by atoms with E-state index in [-0.39, 0.29) is 37.6 Å². The van der Waals surface area contributed by atoms with E-state index in [4.69, 9.17) is 11.5 Å². The van der Waals surface area contributed by atoms with Crippen LogP contribution in [0.25, 0.3) is 0 Å². The predicted molar refractivity (Wildman–Crippen MR) is 204 cm³/mol. The number of unbranched alkanes of at least 4 members (excludes halogenated alkanes) is 1. The molecule has 0 aromatic rings. The summed E-state index contributed by atoms with van der Waals surface area (Å²) in [7, 11) is 0. The Morgan fingerprint density at radius 3 is 1.07 bits per heavy atom. The second kappa shape index (κ2) is 28.5. The van der Waals surface area contributed by atoms with Gasteiger partial charge in [-0.15, -0.1) is 0 Å². The number of hydrogen-bond donors (Lipinski definition) is 12. The summed E-state index contributed by atoms with van der Waals surface area (Å²) in [5, 5.41) is 23.6. The minimum atomic E-state index is -1.10. The van der Waals surface area contributed by atoms with E-state index in [0.29, 0.717) is 19.4 Å². The van der Waals surface area contributed by atoms with Crippen molar-refractivity contribution in [2.24, 2.45) is 23.3 Å². The number of carbonyl (C=O) groups excluding carboxylic acids is 11. The lowest BCUT2D eigenvalue weighted by Gasteiger charge is -2.22. The summed E-state index contributed by atoms with van der Waals surface area (Å²) in [5.74, 6) is -7.63. The highest BCUT2D eigenvalue weighted by atomic mass is 16.2. The van der Waals surface area contributed by atoms with Crippen molar-refractivity contribution in [2.75, 3.05) is 52.4 Å². The number of primary amides is 1. The van der Waals surface area contributed by atoms with Crippen LogP contribution in [0.15, 0.2) is 0 Å². The van der Waals surface area contributed by atoms with Gasteiger partial charge in [-0.1, -0.05) is 27.7 Å². The lowest BCUT2D eigenvalue weighted by atomic mass is 10.0. The molecule has 0 aliphatic carbocycles. The fourth-order valence-corrected chi connectivity index (χ4v) is 4.67. The molecule has 3 atom stereocenters. The highest BCUT2D eigenvalue weighted by Crippen LogP contribution is 2.07. The molecule has 57 heavy (non-hydrogen) atoms. The molecule has 0 aromatic heterocycles. The zero-order valence-electron chi connectivity index (χ0n) is 33.2. The van der Waals surface area contributed by atoms with Crippen molar-refractivity contribution in [1.82, 2.24) is 53.2 Å². The van der Waals surface area contributed by atoms with Crippen molar-refractivity contribution >= 4 is 65.0 Å². The summed E-state index contributed by atoms with van der Waals surface area (Å²) in [6.07, 6.45) is 1.83. The first-order valence-electron chi connectivity index (χ1n) is 18.5. The van der Waals surface area contributed by atoms with Gasteiger partial charge in [-0.25, -0.2) is 0 Å². The number of nitrogens with one attached hydrogen (secondary N) is 10. The van der Waals surface area contributed by atoms with Gasteiger partial charge in [-0.2, -0.15) is 0 Å². The van der Waals surface area contributed by atoms with Crippen molar-refractivity contribution in [1.29, 1.82) is 0 Å². The van der Waals surface area contributed by atoms with Crippen LogP contribution in [0.2, 0.25) is 0 Å². The van der Waals surface area contributed by atoms with E-state index < -0.39 is 122 Å². The first-order valence-corrected chi connectivity index (χ1v) is 18.5. The largest absolute Gasteiger partial charge is 0.368 e. The third kappa shape index (κ3) is 26.6. The van der Waals surface area contributed by atoms with E-state index >= 15 is 0 Å². The van der Waals surface area contributed by atoms with Gasteiger partial charge in [0.2, 0.25) is 65.0 Å². The molecule has 23 heteroatoms. The van der Waals surface area contributed by atoms with Gasteiger partial charge >= 0.3 is 0 Å². The Morgan fingerprint density at radius 2 is 0.754 bits per heavy atom. The maximum absolute atomic E-state index is 13.0. The van der Waals surface area contributed by atoms with E-state index in [9.17, 15) is 52.7 Å². The summed E-state index contributed by atoms with van der Waals surface area (Å²) < 4.78 is 0.